The van der Waals surface area contributed by atoms with Crippen molar-refractivity contribution < 1.29 is 9.90 Å². The Hall–Kier alpha value is -2.81. The molecule has 1 aromatic carbocycles. The quantitative estimate of drug-likeness (QED) is 0.746. The first kappa shape index (κ1) is 10.7. The molecule has 0 bridgehead atoms. The van der Waals surface area contributed by atoms with Crippen molar-refractivity contribution in [3.8, 4) is 11.8 Å². The van der Waals surface area contributed by atoms with Crippen molar-refractivity contribution in [1.29, 1.82) is 5.26 Å². The summed E-state index contributed by atoms with van der Waals surface area (Å²) in [6.07, 6.45) is 3.09. The Morgan fingerprint density at radius 1 is 1.53 bits per heavy atom. The minimum absolute atomic E-state index is 0.0346. The fraction of sp³-hybridized carbons (Fsp3) is 0. The molecule has 0 spiro atoms. The summed E-state index contributed by atoms with van der Waals surface area (Å²) < 4.78 is 1.53. The number of nitrogens with two attached hydrogens (primary N) is 1. The molecule has 1 aromatic heterocycles. The first-order valence-corrected chi connectivity index (χ1v) is 4.70. The van der Waals surface area contributed by atoms with Crippen LogP contribution in [-0.4, -0.2) is 20.6 Å². The van der Waals surface area contributed by atoms with Gasteiger partial charge in [-0.3, -0.25) is 4.57 Å². The van der Waals surface area contributed by atoms with Crippen LogP contribution in [0.25, 0.3) is 5.69 Å². The van der Waals surface area contributed by atoms with E-state index in [2.05, 4.69) is 4.98 Å². The summed E-state index contributed by atoms with van der Waals surface area (Å²) in [5, 5.41) is 17.7. The smallest absolute Gasteiger partial charge is 0.337 e. The molecule has 0 atom stereocenters. The molecule has 6 heteroatoms. The van der Waals surface area contributed by atoms with Crippen LogP contribution in [0.5, 0.6) is 0 Å². The fourth-order valence-corrected chi connectivity index (χ4v) is 1.49. The summed E-state index contributed by atoms with van der Waals surface area (Å²) in [5.74, 6) is -0.868. The second kappa shape index (κ2) is 3.98. The number of rotatable bonds is 2. The highest BCUT2D eigenvalue weighted by Gasteiger charge is 2.10. The molecule has 0 aliphatic heterocycles. The van der Waals surface area contributed by atoms with Gasteiger partial charge in [0.2, 0.25) is 5.82 Å². The predicted molar refractivity (Wildman–Crippen MR) is 59.7 cm³/mol. The number of nitrogen functional groups attached to an aromatic ring is 1. The summed E-state index contributed by atoms with van der Waals surface area (Å²) in [4.78, 5) is 14.6. The topological polar surface area (TPSA) is 105 Å². The van der Waals surface area contributed by atoms with Crippen LogP contribution in [0.3, 0.4) is 0 Å². The van der Waals surface area contributed by atoms with Gasteiger partial charge >= 0.3 is 5.97 Å². The van der Waals surface area contributed by atoms with Crippen molar-refractivity contribution in [3.63, 3.8) is 0 Å². The molecule has 0 saturated carbocycles. The number of aromatic carboxylic acids is 1. The van der Waals surface area contributed by atoms with Gasteiger partial charge in [0.05, 0.1) is 5.56 Å². The number of anilines is 1. The van der Waals surface area contributed by atoms with E-state index < -0.39 is 5.97 Å². The number of carboxylic acid groups (broad SMARTS) is 1. The van der Waals surface area contributed by atoms with Crippen LogP contribution in [0, 0.1) is 11.3 Å². The summed E-state index contributed by atoms with van der Waals surface area (Å²) in [7, 11) is 0. The van der Waals surface area contributed by atoms with Gasteiger partial charge in [-0.2, -0.15) is 5.26 Å². The lowest BCUT2D eigenvalue weighted by Crippen LogP contribution is -2.04. The maximum absolute atomic E-state index is 10.8. The van der Waals surface area contributed by atoms with Gasteiger partial charge in [-0.05, 0) is 18.2 Å². The number of aromatic nitrogens is 2. The molecular weight excluding hydrogens is 220 g/mol. The average molecular weight is 228 g/mol. The number of nitriles is 1. The van der Waals surface area contributed by atoms with Gasteiger partial charge in [0.15, 0.2) is 0 Å². The van der Waals surface area contributed by atoms with E-state index in [4.69, 9.17) is 16.1 Å². The van der Waals surface area contributed by atoms with E-state index >= 15 is 0 Å². The lowest BCUT2D eigenvalue weighted by molar-refractivity contribution is 0.0698. The van der Waals surface area contributed by atoms with Gasteiger partial charge in [-0.1, -0.05) is 0 Å². The molecule has 0 unspecified atom stereocenters. The standard InChI is InChI=1S/C11H8N4O2/c12-6-10-14-3-4-15(10)7-1-2-8(11(16)17)9(13)5-7/h1-5H,13H2,(H,16,17). The van der Waals surface area contributed by atoms with Gasteiger partial charge in [-0.25, -0.2) is 9.78 Å². The largest absolute Gasteiger partial charge is 0.478 e. The third kappa shape index (κ3) is 1.81. The van der Waals surface area contributed by atoms with Gasteiger partial charge < -0.3 is 10.8 Å². The van der Waals surface area contributed by atoms with Crippen molar-refractivity contribution in [3.05, 3.63) is 42.0 Å². The highest BCUT2D eigenvalue weighted by molar-refractivity contribution is 5.94. The second-order valence-corrected chi connectivity index (χ2v) is 3.31. The summed E-state index contributed by atoms with van der Waals surface area (Å²) in [5.41, 5.74) is 6.40. The SMILES string of the molecule is N#Cc1nccn1-c1ccc(C(=O)O)c(N)c1. The van der Waals surface area contributed by atoms with Crippen LogP contribution in [-0.2, 0) is 0 Å². The average Bonchev–Trinajstić information content (AvgIpc) is 2.76. The molecule has 17 heavy (non-hydrogen) atoms. The molecule has 3 N–H and O–H groups in total. The van der Waals surface area contributed by atoms with Gasteiger partial charge in [0.1, 0.15) is 6.07 Å². The molecule has 0 aliphatic rings. The van der Waals surface area contributed by atoms with Gasteiger partial charge in [-0.15, -0.1) is 0 Å². The molecular formula is C11H8N4O2. The van der Waals surface area contributed by atoms with E-state index in [1.807, 2.05) is 6.07 Å². The number of carboxylic acids is 1. The van der Waals surface area contributed by atoms with E-state index in [9.17, 15) is 4.79 Å². The van der Waals surface area contributed by atoms with Crippen molar-refractivity contribution >= 4 is 11.7 Å². The Balaban J connectivity index is 2.53. The van der Waals surface area contributed by atoms with Crippen LogP contribution in [0.2, 0.25) is 0 Å². The minimum atomic E-state index is -1.08. The highest BCUT2D eigenvalue weighted by Crippen LogP contribution is 2.18. The first-order valence-electron chi connectivity index (χ1n) is 4.70. The molecule has 0 saturated heterocycles. The van der Waals surface area contributed by atoms with Gasteiger partial charge in [0.25, 0.3) is 0 Å². The lowest BCUT2D eigenvalue weighted by atomic mass is 10.1. The van der Waals surface area contributed by atoms with E-state index in [-0.39, 0.29) is 17.1 Å². The Morgan fingerprint density at radius 3 is 2.88 bits per heavy atom. The van der Waals surface area contributed by atoms with Crippen molar-refractivity contribution in [2.45, 2.75) is 0 Å². The van der Waals surface area contributed by atoms with Crippen LogP contribution in [0.1, 0.15) is 16.2 Å². The number of benzene rings is 1. The number of imidazole rings is 1. The number of carbonyl (C=O) groups is 1. The van der Waals surface area contributed by atoms with E-state index in [0.29, 0.717) is 5.69 Å². The predicted octanol–water partition coefficient (Wildman–Crippen LogP) is 1.02. The third-order valence-electron chi connectivity index (χ3n) is 2.28. The maximum Gasteiger partial charge on any atom is 0.337 e. The summed E-state index contributed by atoms with van der Waals surface area (Å²) in [6, 6.07) is 6.39. The van der Waals surface area contributed by atoms with E-state index in [1.165, 1.54) is 22.9 Å². The normalized spacial score (nSPS) is 9.82. The molecule has 0 fully saturated rings. The van der Waals surface area contributed by atoms with Crippen molar-refractivity contribution in [2.75, 3.05) is 5.73 Å². The fourth-order valence-electron chi connectivity index (χ4n) is 1.49. The Morgan fingerprint density at radius 2 is 2.29 bits per heavy atom. The Kier molecular flexibility index (Phi) is 2.51. The van der Waals surface area contributed by atoms with Crippen molar-refractivity contribution in [1.82, 2.24) is 9.55 Å². The zero-order chi connectivity index (χ0) is 12.4. The molecule has 0 aliphatic carbocycles. The lowest BCUT2D eigenvalue weighted by Gasteiger charge is -2.06. The molecule has 2 aromatic rings. The van der Waals surface area contributed by atoms with Crippen LogP contribution < -0.4 is 5.73 Å². The molecule has 0 radical (unpaired) electrons. The monoisotopic (exact) mass is 228 g/mol. The Bertz CT molecular complexity index is 625. The van der Waals surface area contributed by atoms with Crippen molar-refractivity contribution in [2.24, 2.45) is 0 Å². The van der Waals surface area contributed by atoms with Crippen LogP contribution in [0.4, 0.5) is 5.69 Å². The van der Waals surface area contributed by atoms with Gasteiger partial charge in [0, 0.05) is 23.8 Å². The Labute approximate surface area is 96.5 Å². The zero-order valence-electron chi connectivity index (χ0n) is 8.66. The molecule has 0 amide bonds. The second-order valence-electron chi connectivity index (χ2n) is 3.31. The third-order valence-corrected chi connectivity index (χ3v) is 2.28. The van der Waals surface area contributed by atoms with E-state index in [1.54, 1.807) is 12.3 Å². The highest BCUT2D eigenvalue weighted by atomic mass is 16.4. The van der Waals surface area contributed by atoms with Crippen LogP contribution >= 0.6 is 0 Å². The molecule has 84 valence electrons. The minimum Gasteiger partial charge on any atom is -0.478 e. The van der Waals surface area contributed by atoms with E-state index in [0.717, 1.165) is 0 Å². The number of nitrogens with zero attached hydrogens (tertiary/aromatic N) is 3. The summed E-state index contributed by atoms with van der Waals surface area (Å²) in [6.45, 7) is 0. The van der Waals surface area contributed by atoms with Crippen LogP contribution in [0.15, 0.2) is 30.6 Å². The summed E-state index contributed by atoms with van der Waals surface area (Å²) >= 11 is 0. The number of hydrogen-bond donors (Lipinski definition) is 2. The molecule has 1 heterocycles. The first-order chi connectivity index (χ1) is 8.13. The molecule has 6 nitrogen and oxygen atoms in total. The zero-order valence-corrected chi connectivity index (χ0v) is 8.66. The molecule has 2 rings (SSSR count). The number of hydrogen-bond acceptors (Lipinski definition) is 4. The maximum atomic E-state index is 10.8.